The van der Waals surface area contributed by atoms with Crippen molar-refractivity contribution in [2.45, 2.75) is 12.3 Å². The van der Waals surface area contributed by atoms with Gasteiger partial charge in [0.25, 0.3) is 0 Å². The Kier molecular flexibility index (Phi) is 5.28. The SMILES string of the molecule is CCOC(=O)c1cc(OC)cc(CBr)c1Br. The molecule has 0 aliphatic heterocycles. The van der Waals surface area contributed by atoms with Crippen LogP contribution in [0.1, 0.15) is 22.8 Å². The van der Waals surface area contributed by atoms with Gasteiger partial charge in [-0.05, 0) is 40.5 Å². The maximum Gasteiger partial charge on any atom is 0.339 e. The molecule has 0 atom stereocenters. The average Bonchev–Trinajstić information content (AvgIpc) is 2.29. The summed E-state index contributed by atoms with van der Waals surface area (Å²) in [5.74, 6) is 0.288. The minimum atomic E-state index is -0.351. The van der Waals surface area contributed by atoms with Crippen molar-refractivity contribution >= 4 is 37.8 Å². The number of benzene rings is 1. The first-order valence-electron chi connectivity index (χ1n) is 4.73. The van der Waals surface area contributed by atoms with Gasteiger partial charge < -0.3 is 9.47 Å². The van der Waals surface area contributed by atoms with E-state index in [1.54, 1.807) is 20.1 Å². The molecule has 0 radical (unpaired) electrons. The number of carbonyl (C=O) groups excluding carboxylic acids is 1. The molecular weight excluding hydrogens is 340 g/mol. The summed E-state index contributed by atoms with van der Waals surface area (Å²) in [4.78, 5) is 11.7. The molecule has 5 heteroatoms. The third kappa shape index (κ3) is 2.98. The molecular formula is C11H12Br2O3. The zero-order valence-corrected chi connectivity index (χ0v) is 12.2. The van der Waals surface area contributed by atoms with Crippen LogP contribution < -0.4 is 4.74 Å². The van der Waals surface area contributed by atoms with Crippen LogP contribution in [0.25, 0.3) is 0 Å². The van der Waals surface area contributed by atoms with Gasteiger partial charge in [-0.25, -0.2) is 4.79 Å². The third-order valence-corrected chi connectivity index (χ3v) is 3.54. The van der Waals surface area contributed by atoms with Crippen LogP contribution in [0.15, 0.2) is 16.6 Å². The van der Waals surface area contributed by atoms with E-state index in [0.717, 1.165) is 10.0 Å². The third-order valence-electron chi connectivity index (χ3n) is 2.00. The summed E-state index contributed by atoms with van der Waals surface area (Å²) in [5, 5.41) is 0.636. The van der Waals surface area contributed by atoms with Gasteiger partial charge in [-0.15, -0.1) is 0 Å². The Morgan fingerprint density at radius 1 is 1.44 bits per heavy atom. The highest BCUT2D eigenvalue weighted by molar-refractivity contribution is 9.10. The maximum atomic E-state index is 11.7. The molecule has 1 rings (SSSR count). The van der Waals surface area contributed by atoms with E-state index in [1.807, 2.05) is 6.07 Å². The van der Waals surface area contributed by atoms with Gasteiger partial charge in [0.15, 0.2) is 0 Å². The molecule has 3 nitrogen and oxygen atoms in total. The smallest absolute Gasteiger partial charge is 0.339 e. The Bertz CT molecular complexity index is 391. The molecule has 1 aromatic carbocycles. The summed E-state index contributed by atoms with van der Waals surface area (Å²) >= 11 is 6.75. The van der Waals surface area contributed by atoms with Crippen LogP contribution >= 0.6 is 31.9 Å². The van der Waals surface area contributed by atoms with Crippen molar-refractivity contribution in [3.63, 3.8) is 0 Å². The minimum absolute atomic E-state index is 0.351. The van der Waals surface area contributed by atoms with Crippen molar-refractivity contribution in [1.82, 2.24) is 0 Å². The number of hydrogen-bond acceptors (Lipinski definition) is 3. The molecule has 0 saturated heterocycles. The molecule has 0 amide bonds. The fraction of sp³-hybridized carbons (Fsp3) is 0.364. The lowest BCUT2D eigenvalue weighted by Crippen LogP contribution is -2.07. The molecule has 0 saturated carbocycles. The topological polar surface area (TPSA) is 35.5 Å². The predicted octanol–water partition coefficient (Wildman–Crippen LogP) is 3.53. The second-order valence-corrected chi connectivity index (χ2v) is 4.36. The summed E-state index contributed by atoms with van der Waals surface area (Å²) in [7, 11) is 1.57. The Morgan fingerprint density at radius 3 is 2.62 bits per heavy atom. The van der Waals surface area contributed by atoms with Gasteiger partial charge in [0.1, 0.15) is 5.75 Å². The van der Waals surface area contributed by atoms with Crippen LogP contribution in [0.3, 0.4) is 0 Å². The van der Waals surface area contributed by atoms with Gasteiger partial charge in [-0.1, -0.05) is 15.9 Å². The van der Waals surface area contributed by atoms with Crippen molar-refractivity contribution < 1.29 is 14.3 Å². The van der Waals surface area contributed by atoms with Crippen LogP contribution in [0.4, 0.5) is 0 Å². The zero-order valence-electron chi connectivity index (χ0n) is 9.05. The van der Waals surface area contributed by atoms with Gasteiger partial charge in [-0.2, -0.15) is 0 Å². The van der Waals surface area contributed by atoms with Crippen LogP contribution in [-0.2, 0) is 10.1 Å². The van der Waals surface area contributed by atoms with Crippen LogP contribution in [-0.4, -0.2) is 19.7 Å². The number of methoxy groups -OCH3 is 1. The van der Waals surface area contributed by atoms with Gasteiger partial charge in [0, 0.05) is 9.80 Å². The van der Waals surface area contributed by atoms with Crippen LogP contribution in [0.2, 0.25) is 0 Å². The Labute approximate surface area is 111 Å². The van der Waals surface area contributed by atoms with Crippen molar-refractivity contribution in [2.24, 2.45) is 0 Å². The molecule has 16 heavy (non-hydrogen) atoms. The Morgan fingerprint density at radius 2 is 2.12 bits per heavy atom. The number of esters is 1. The highest BCUT2D eigenvalue weighted by Gasteiger charge is 2.15. The van der Waals surface area contributed by atoms with Gasteiger partial charge in [0.2, 0.25) is 0 Å². The second kappa shape index (κ2) is 6.25. The molecule has 0 heterocycles. The average molecular weight is 352 g/mol. The van der Waals surface area contributed by atoms with Gasteiger partial charge in [0.05, 0.1) is 19.3 Å². The fourth-order valence-electron chi connectivity index (χ4n) is 1.23. The summed E-state index contributed by atoms with van der Waals surface area (Å²) in [6.45, 7) is 2.13. The lowest BCUT2D eigenvalue weighted by atomic mass is 10.1. The molecule has 0 spiro atoms. The molecule has 0 unspecified atom stereocenters. The van der Waals surface area contributed by atoms with E-state index in [9.17, 15) is 4.79 Å². The molecule has 0 bridgehead atoms. The summed E-state index contributed by atoms with van der Waals surface area (Å²) in [6, 6.07) is 3.52. The van der Waals surface area contributed by atoms with E-state index in [4.69, 9.17) is 9.47 Å². The first-order valence-corrected chi connectivity index (χ1v) is 6.65. The lowest BCUT2D eigenvalue weighted by Gasteiger charge is -2.10. The first kappa shape index (κ1) is 13.5. The first-order chi connectivity index (χ1) is 7.63. The van der Waals surface area contributed by atoms with Crippen molar-refractivity contribution in [3.05, 3.63) is 27.7 Å². The normalized spacial score (nSPS) is 10.0. The fourth-order valence-corrected chi connectivity index (χ4v) is 2.58. The number of halogens is 2. The van der Waals surface area contributed by atoms with E-state index in [0.29, 0.717) is 23.2 Å². The molecule has 1 aromatic rings. The summed E-state index contributed by atoms with van der Waals surface area (Å²) in [5.41, 5.74) is 1.43. The minimum Gasteiger partial charge on any atom is -0.497 e. The number of hydrogen-bond donors (Lipinski definition) is 0. The Balaban J connectivity index is 3.20. The van der Waals surface area contributed by atoms with E-state index in [2.05, 4.69) is 31.9 Å². The highest BCUT2D eigenvalue weighted by atomic mass is 79.9. The van der Waals surface area contributed by atoms with Crippen LogP contribution in [0.5, 0.6) is 5.75 Å². The molecule has 88 valence electrons. The van der Waals surface area contributed by atoms with Crippen molar-refractivity contribution in [2.75, 3.05) is 13.7 Å². The Hall–Kier alpha value is -0.550. The number of rotatable bonds is 4. The van der Waals surface area contributed by atoms with Crippen molar-refractivity contribution in [1.29, 1.82) is 0 Å². The summed E-state index contributed by atoms with van der Waals surface area (Å²) in [6.07, 6.45) is 0. The van der Waals surface area contributed by atoms with Gasteiger partial charge >= 0.3 is 5.97 Å². The van der Waals surface area contributed by atoms with E-state index < -0.39 is 0 Å². The van der Waals surface area contributed by atoms with E-state index in [1.165, 1.54) is 0 Å². The number of ether oxygens (including phenoxy) is 2. The molecule has 0 fully saturated rings. The molecule has 0 aliphatic rings. The highest BCUT2D eigenvalue weighted by Crippen LogP contribution is 2.29. The predicted molar refractivity (Wildman–Crippen MR) is 69.3 cm³/mol. The standard InChI is InChI=1S/C11H12Br2O3/c1-3-16-11(14)9-5-8(15-2)4-7(6-12)10(9)13/h4-5H,3,6H2,1-2H3. The molecule has 0 N–H and O–H groups in total. The largest absolute Gasteiger partial charge is 0.497 e. The number of carbonyl (C=O) groups is 1. The zero-order chi connectivity index (χ0) is 12.1. The van der Waals surface area contributed by atoms with Crippen molar-refractivity contribution in [3.8, 4) is 5.75 Å². The quantitative estimate of drug-likeness (QED) is 0.615. The monoisotopic (exact) mass is 350 g/mol. The van der Waals surface area contributed by atoms with E-state index in [-0.39, 0.29) is 5.97 Å². The molecule has 0 aliphatic carbocycles. The maximum absolute atomic E-state index is 11.7. The molecule has 0 aromatic heterocycles. The number of alkyl halides is 1. The second-order valence-electron chi connectivity index (χ2n) is 3.00. The van der Waals surface area contributed by atoms with Crippen LogP contribution in [0, 0.1) is 0 Å². The lowest BCUT2D eigenvalue weighted by molar-refractivity contribution is 0.0524. The van der Waals surface area contributed by atoms with E-state index >= 15 is 0 Å². The summed E-state index contributed by atoms with van der Waals surface area (Å²) < 4.78 is 10.8. The van der Waals surface area contributed by atoms with Gasteiger partial charge in [-0.3, -0.25) is 0 Å².